The SMILES string of the molecule is COC1[C@@H](Sc2cc(Cl)c(F)c(Cl)c2)OC2COC(c3ccccc3)O[C@@H]2[C@@H]1n1cc(-c2nc(O)cs2)nn1. The predicted octanol–water partition coefficient (Wildman–Crippen LogP) is 5.74. The van der Waals surface area contributed by atoms with Gasteiger partial charge in [-0.3, -0.25) is 0 Å². The van der Waals surface area contributed by atoms with Crippen LogP contribution in [0.15, 0.2) is 58.9 Å². The highest BCUT2D eigenvalue weighted by Crippen LogP contribution is 2.45. The van der Waals surface area contributed by atoms with Crippen molar-refractivity contribution in [3.63, 3.8) is 0 Å². The number of ether oxygens (including phenoxy) is 4. The van der Waals surface area contributed by atoms with Gasteiger partial charge in [-0.25, -0.2) is 14.1 Å². The van der Waals surface area contributed by atoms with E-state index in [-0.39, 0.29) is 22.5 Å². The molecule has 0 spiro atoms. The van der Waals surface area contributed by atoms with Gasteiger partial charge in [0, 0.05) is 17.6 Å². The van der Waals surface area contributed by atoms with Crippen LogP contribution in [-0.4, -0.2) is 62.5 Å². The number of methoxy groups -OCH3 is 1. The van der Waals surface area contributed by atoms with Gasteiger partial charge >= 0.3 is 0 Å². The first-order valence-corrected chi connectivity index (χ1v) is 14.3. The molecule has 4 heterocycles. The van der Waals surface area contributed by atoms with Crippen molar-refractivity contribution in [2.45, 2.75) is 41.0 Å². The normalized spacial score (nSPS) is 26.9. The molecule has 204 valence electrons. The average molecular weight is 612 g/mol. The maximum atomic E-state index is 14.1. The Morgan fingerprint density at radius 1 is 1.18 bits per heavy atom. The monoisotopic (exact) mass is 610 g/mol. The maximum Gasteiger partial charge on any atom is 0.222 e. The van der Waals surface area contributed by atoms with Crippen molar-refractivity contribution < 1.29 is 28.4 Å². The first-order valence-electron chi connectivity index (χ1n) is 11.8. The lowest BCUT2D eigenvalue weighted by Gasteiger charge is -2.48. The van der Waals surface area contributed by atoms with Crippen LogP contribution in [0.3, 0.4) is 0 Å². The molecule has 0 radical (unpaired) electrons. The second-order valence-corrected chi connectivity index (χ2v) is 11.7. The van der Waals surface area contributed by atoms with Crippen LogP contribution in [0.1, 0.15) is 17.9 Å². The third-order valence-corrected chi connectivity index (χ3v) is 8.91. The molecule has 2 aromatic heterocycles. The third-order valence-electron chi connectivity index (χ3n) is 6.39. The number of benzene rings is 2. The number of halogens is 3. The molecule has 0 saturated carbocycles. The van der Waals surface area contributed by atoms with E-state index in [2.05, 4.69) is 15.3 Å². The van der Waals surface area contributed by atoms with E-state index in [0.717, 1.165) is 5.56 Å². The first-order chi connectivity index (χ1) is 18.9. The van der Waals surface area contributed by atoms with Crippen LogP contribution in [-0.2, 0) is 18.9 Å². The Labute approximate surface area is 240 Å². The smallest absolute Gasteiger partial charge is 0.222 e. The largest absolute Gasteiger partial charge is 0.493 e. The van der Waals surface area contributed by atoms with Gasteiger partial charge in [0.1, 0.15) is 40.5 Å². The summed E-state index contributed by atoms with van der Waals surface area (Å²) < 4.78 is 40.7. The lowest BCUT2D eigenvalue weighted by Crippen LogP contribution is -2.59. The topological polar surface area (TPSA) is 101 Å². The number of hydrogen-bond donors (Lipinski definition) is 1. The third kappa shape index (κ3) is 5.40. The molecule has 4 aromatic rings. The molecule has 3 unspecified atom stereocenters. The Morgan fingerprint density at radius 3 is 2.64 bits per heavy atom. The molecule has 14 heteroatoms. The van der Waals surface area contributed by atoms with Crippen molar-refractivity contribution in [2.24, 2.45) is 0 Å². The minimum absolute atomic E-state index is 0.0861. The molecule has 9 nitrogen and oxygen atoms in total. The fourth-order valence-electron chi connectivity index (χ4n) is 4.63. The predicted molar refractivity (Wildman–Crippen MR) is 144 cm³/mol. The molecule has 39 heavy (non-hydrogen) atoms. The van der Waals surface area contributed by atoms with Crippen molar-refractivity contribution in [1.82, 2.24) is 20.0 Å². The number of thioether (sulfide) groups is 1. The summed E-state index contributed by atoms with van der Waals surface area (Å²) in [6.07, 6.45) is -0.477. The van der Waals surface area contributed by atoms with Crippen molar-refractivity contribution in [1.29, 1.82) is 0 Å². The number of nitrogens with zero attached hydrogens (tertiary/aromatic N) is 4. The van der Waals surface area contributed by atoms with Crippen molar-refractivity contribution in [3.8, 4) is 16.6 Å². The summed E-state index contributed by atoms with van der Waals surface area (Å²) in [4.78, 5) is 4.70. The van der Waals surface area contributed by atoms with Crippen molar-refractivity contribution in [2.75, 3.05) is 13.7 Å². The van der Waals surface area contributed by atoms with Gasteiger partial charge in [-0.15, -0.1) is 16.4 Å². The Bertz CT molecular complexity index is 1440. The Balaban J connectivity index is 1.36. The summed E-state index contributed by atoms with van der Waals surface area (Å²) in [5.41, 5.74) is 0.773. The number of rotatable bonds is 6. The van der Waals surface area contributed by atoms with E-state index in [4.69, 9.17) is 42.1 Å². The fraction of sp³-hybridized carbons (Fsp3) is 0.320. The molecule has 2 saturated heterocycles. The van der Waals surface area contributed by atoms with Crippen LogP contribution >= 0.6 is 46.3 Å². The first kappa shape index (κ1) is 26.9. The molecular weight excluding hydrogens is 590 g/mol. The molecule has 2 aliphatic rings. The maximum absolute atomic E-state index is 14.1. The minimum atomic E-state index is -0.683. The van der Waals surface area contributed by atoms with Gasteiger partial charge in [-0.05, 0) is 12.1 Å². The quantitative estimate of drug-likeness (QED) is 0.274. The van der Waals surface area contributed by atoms with Gasteiger partial charge in [0.2, 0.25) is 5.88 Å². The van der Waals surface area contributed by atoms with Gasteiger partial charge in [0.25, 0.3) is 0 Å². The number of hydrogen-bond acceptors (Lipinski definition) is 10. The van der Waals surface area contributed by atoms with Crippen LogP contribution in [0.5, 0.6) is 5.88 Å². The number of aromatic hydroxyl groups is 1. The van der Waals surface area contributed by atoms with Crippen LogP contribution < -0.4 is 0 Å². The van der Waals surface area contributed by atoms with E-state index in [1.807, 2.05) is 30.3 Å². The molecule has 6 rings (SSSR count). The van der Waals surface area contributed by atoms with Crippen LogP contribution in [0.2, 0.25) is 10.0 Å². The molecule has 2 fully saturated rings. The van der Waals surface area contributed by atoms with E-state index in [1.165, 1.54) is 40.6 Å². The number of aromatic nitrogens is 4. The lowest BCUT2D eigenvalue weighted by atomic mass is 9.96. The summed E-state index contributed by atoms with van der Waals surface area (Å²) in [5, 5.41) is 20.2. The number of thiazole rings is 1. The van der Waals surface area contributed by atoms with E-state index in [1.54, 1.807) is 18.0 Å². The summed E-state index contributed by atoms with van der Waals surface area (Å²) in [6, 6.07) is 12.1. The van der Waals surface area contributed by atoms with Gasteiger partial charge in [-0.1, -0.05) is 70.5 Å². The van der Waals surface area contributed by atoms with E-state index in [0.29, 0.717) is 15.6 Å². The summed E-state index contributed by atoms with van der Waals surface area (Å²) in [6.45, 7) is 0.251. The molecule has 0 amide bonds. The van der Waals surface area contributed by atoms with Crippen LogP contribution in [0.4, 0.5) is 4.39 Å². The summed E-state index contributed by atoms with van der Waals surface area (Å²) >= 11 is 14.6. The highest BCUT2D eigenvalue weighted by atomic mass is 35.5. The highest BCUT2D eigenvalue weighted by Gasteiger charge is 2.52. The molecular formula is C25H21Cl2FN4O5S2. The zero-order valence-corrected chi connectivity index (χ0v) is 23.3. The molecule has 2 aromatic carbocycles. The van der Waals surface area contributed by atoms with Gasteiger partial charge in [-0.2, -0.15) is 0 Å². The van der Waals surface area contributed by atoms with Crippen LogP contribution in [0, 0.1) is 5.82 Å². The van der Waals surface area contributed by atoms with Gasteiger partial charge < -0.3 is 24.1 Å². The minimum Gasteiger partial charge on any atom is -0.493 e. The Morgan fingerprint density at radius 2 is 1.95 bits per heavy atom. The summed E-state index contributed by atoms with van der Waals surface area (Å²) in [7, 11) is 1.57. The highest BCUT2D eigenvalue weighted by molar-refractivity contribution is 7.99. The van der Waals surface area contributed by atoms with Crippen molar-refractivity contribution in [3.05, 3.63) is 75.5 Å². The second kappa shape index (κ2) is 11.3. The average Bonchev–Trinajstić information content (AvgIpc) is 3.60. The van der Waals surface area contributed by atoms with E-state index >= 15 is 0 Å². The molecule has 0 aliphatic carbocycles. The van der Waals surface area contributed by atoms with Gasteiger partial charge in [0.05, 0.1) is 28.2 Å². The van der Waals surface area contributed by atoms with E-state index in [9.17, 15) is 9.50 Å². The molecule has 2 aliphatic heterocycles. The van der Waals surface area contributed by atoms with Crippen molar-refractivity contribution >= 4 is 46.3 Å². The Kier molecular flexibility index (Phi) is 7.79. The lowest BCUT2D eigenvalue weighted by molar-refractivity contribution is -0.308. The zero-order chi connectivity index (χ0) is 27.1. The number of fused-ring (bicyclic) bond motifs is 1. The van der Waals surface area contributed by atoms with Gasteiger partial charge in [0.15, 0.2) is 12.1 Å². The van der Waals surface area contributed by atoms with E-state index < -0.39 is 41.9 Å². The second-order valence-electron chi connectivity index (χ2n) is 8.82. The zero-order valence-electron chi connectivity index (χ0n) is 20.2. The van der Waals surface area contributed by atoms with Crippen LogP contribution in [0.25, 0.3) is 10.7 Å². The molecule has 6 atom stereocenters. The standard InChI is InChI=1S/C25H21Cl2FN4O5S2/c1-34-22-20(32-9-16(30-31-32)23-29-18(33)11-38-23)21-17(10-35-24(37-21)12-5-3-2-4-6-12)36-25(22)39-13-7-14(26)19(28)15(27)8-13/h2-9,11,17,20-22,24-25,33H,10H2,1H3/t17?,20-,21-,22?,24?,25+/m0/s1. The molecule has 1 N–H and O–H groups in total. The summed E-state index contributed by atoms with van der Waals surface area (Å²) in [5.74, 6) is -0.769. The fourth-order valence-corrected chi connectivity index (χ4v) is 7.12. The Hall–Kier alpha value is -2.29. The molecule has 0 bridgehead atoms.